The van der Waals surface area contributed by atoms with Crippen molar-refractivity contribution in [3.05, 3.63) is 75.0 Å². The number of nitrogens with one attached hydrogen (secondary N) is 1. The first-order chi connectivity index (χ1) is 14.5. The van der Waals surface area contributed by atoms with Crippen LogP contribution in [0.1, 0.15) is 16.1 Å². The second kappa shape index (κ2) is 8.43. The number of fused-ring (bicyclic) bond motifs is 1. The predicted molar refractivity (Wildman–Crippen MR) is 110 cm³/mol. The van der Waals surface area contributed by atoms with Crippen molar-refractivity contribution in [3.63, 3.8) is 0 Å². The number of carbonyl (C=O) groups is 2. The Balaban J connectivity index is 2.39. The molecule has 0 fully saturated rings. The van der Waals surface area contributed by atoms with Crippen LogP contribution in [0, 0.1) is 0 Å². The molecule has 2 aromatic carbocycles. The smallest absolute Gasteiger partial charge is 0.344 e. The Bertz CT molecular complexity index is 1220. The van der Waals surface area contributed by atoms with E-state index in [0.717, 1.165) is 0 Å². The van der Waals surface area contributed by atoms with E-state index >= 15 is 0 Å². The summed E-state index contributed by atoms with van der Waals surface area (Å²) in [5, 5.41) is 2.14. The topological polar surface area (TPSA) is 71.4 Å². The van der Waals surface area contributed by atoms with Crippen LogP contribution in [0.25, 0.3) is 16.6 Å². The van der Waals surface area contributed by atoms with Gasteiger partial charge in [-0.05, 0) is 30.3 Å². The minimum Gasteiger partial charge on any atom is -0.344 e. The van der Waals surface area contributed by atoms with E-state index in [1.807, 2.05) is 0 Å². The molecule has 0 radical (unpaired) electrons. The molecule has 1 heterocycles. The number of carbonyl (C=O) groups excluding carboxylic acids is 2. The largest absolute Gasteiger partial charge is 0.471 e. The maximum absolute atomic E-state index is 13.2. The normalized spacial score (nSPS) is 11.4. The van der Waals surface area contributed by atoms with E-state index in [1.54, 1.807) is 35.6 Å². The van der Waals surface area contributed by atoms with Crippen molar-refractivity contribution in [1.29, 1.82) is 0 Å². The minimum absolute atomic E-state index is 0.139. The van der Waals surface area contributed by atoms with Crippen molar-refractivity contribution in [1.82, 2.24) is 14.8 Å². The molecule has 0 aliphatic carbocycles. The van der Waals surface area contributed by atoms with Crippen LogP contribution in [0.2, 0.25) is 5.02 Å². The fourth-order valence-corrected chi connectivity index (χ4v) is 3.29. The number of benzene rings is 2. The Hall–Kier alpha value is -3.33. The molecule has 10 heteroatoms. The van der Waals surface area contributed by atoms with E-state index in [9.17, 15) is 27.6 Å². The summed E-state index contributed by atoms with van der Waals surface area (Å²) in [6.45, 7) is -0.780. The van der Waals surface area contributed by atoms with Crippen LogP contribution in [0.4, 0.5) is 13.2 Å². The summed E-state index contributed by atoms with van der Waals surface area (Å²) in [7, 11) is 2.89. The Morgan fingerprint density at radius 2 is 1.74 bits per heavy atom. The van der Waals surface area contributed by atoms with Crippen molar-refractivity contribution in [2.75, 3.05) is 14.1 Å². The number of halogens is 4. The predicted octanol–water partition coefficient (Wildman–Crippen LogP) is 3.52. The quantitative estimate of drug-likeness (QED) is 0.659. The zero-order valence-electron chi connectivity index (χ0n) is 16.5. The first-order valence-corrected chi connectivity index (χ1v) is 9.39. The molecule has 1 aromatic heterocycles. The van der Waals surface area contributed by atoms with Gasteiger partial charge in [-0.25, -0.2) is 0 Å². The van der Waals surface area contributed by atoms with E-state index < -0.39 is 30.0 Å². The lowest BCUT2D eigenvalue weighted by atomic mass is 10.0. The summed E-state index contributed by atoms with van der Waals surface area (Å²) in [6.07, 6.45) is -5.13. The van der Waals surface area contributed by atoms with E-state index in [1.165, 1.54) is 41.8 Å². The molecule has 6 nitrogen and oxygen atoms in total. The molecular weight excluding hydrogens is 435 g/mol. The average molecular weight is 452 g/mol. The molecular formula is C21H17ClF3N3O3. The van der Waals surface area contributed by atoms with Crippen LogP contribution >= 0.6 is 11.6 Å². The van der Waals surface area contributed by atoms with Gasteiger partial charge in [-0.15, -0.1) is 0 Å². The average Bonchev–Trinajstić information content (AvgIpc) is 2.71. The monoisotopic (exact) mass is 451 g/mol. The third-order valence-corrected chi connectivity index (χ3v) is 4.77. The van der Waals surface area contributed by atoms with Crippen molar-refractivity contribution in [3.8, 4) is 5.69 Å². The van der Waals surface area contributed by atoms with Gasteiger partial charge in [0.1, 0.15) is 5.69 Å². The van der Waals surface area contributed by atoms with Crippen molar-refractivity contribution in [2.45, 2.75) is 12.7 Å². The molecule has 1 N–H and O–H groups in total. The van der Waals surface area contributed by atoms with Crippen LogP contribution in [-0.4, -0.2) is 41.6 Å². The first-order valence-electron chi connectivity index (χ1n) is 9.01. The third kappa shape index (κ3) is 4.41. The number of aromatic nitrogens is 1. The fraction of sp³-hybridized carbons (Fsp3) is 0.190. The van der Waals surface area contributed by atoms with Crippen LogP contribution in [-0.2, 0) is 11.3 Å². The Kier molecular flexibility index (Phi) is 6.08. The molecule has 31 heavy (non-hydrogen) atoms. The number of amides is 2. The summed E-state index contributed by atoms with van der Waals surface area (Å²) in [6, 6.07) is 12.9. The van der Waals surface area contributed by atoms with Gasteiger partial charge in [-0.1, -0.05) is 29.8 Å². The first kappa shape index (κ1) is 22.4. The molecule has 0 bridgehead atoms. The highest BCUT2D eigenvalue weighted by atomic mass is 35.5. The van der Waals surface area contributed by atoms with E-state index in [4.69, 9.17) is 11.6 Å². The number of rotatable bonds is 4. The van der Waals surface area contributed by atoms with Crippen molar-refractivity contribution >= 4 is 34.3 Å². The second-order valence-electron chi connectivity index (χ2n) is 6.87. The Morgan fingerprint density at radius 3 is 2.32 bits per heavy atom. The molecule has 0 aliphatic heterocycles. The van der Waals surface area contributed by atoms with Gasteiger partial charge in [-0.2, -0.15) is 13.2 Å². The zero-order valence-corrected chi connectivity index (χ0v) is 17.2. The molecule has 0 saturated heterocycles. The van der Waals surface area contributed by atoms with Crippen LogP contribution in [0.15, 0.2) is 53.3 Å². The maximum Gasteiger partial charge on any atom is 0.471 e. The molecule has 0 atom stereocenters. The summed E-state index contributed by atoms with van der Waals surface area (Å²) in [5.74, 6) is -2.84. The zero-order chi connectivity index (χ0) is 22.9. The number of hydrogen-bond donors (Lipinski definition) is 1. The fourth-order valence-electron chi connectivity index (χ4n) is 3.12. The lowest BCUT2D eigenvalue weighted by Crippen LogP contribution is -2.39. The molecule has 2 amide bonds. The van der Waals surface area contributed by atoms with Gasteiger partial charge in [-0.3, -0.25) is 14.4 Å². The number of alkyl halides is 3. The summed E-state index contributed by atoms with van der Waals surface area (Å²) >= 11 is 6.12. The van der Waals surface area contributed by atoms with Gasteiger partial charge in [0.25, 0.3) is 5.91 Å². The molecule has 3 rings (SSSR count). The van der Waals surface area contributed by atoms with Gasteiger partial charge >= 0.3 is 12.1 Å². The van der Waals surface area contributed by atoms with Crippen LogP contribution < -0.4 is 10.7 Å². The minimum atomic E-state index is -5.13. The Morgan fingerprint density at radius 1 is 1.10 bits per heavy atom. The molecule has 162 valence electrons. The molecule has 3 aromatic rings. The Labute approximate surface area is 179 Å². The van der Waals surface area contributed by atoms with Gasteiger partial charge < -0.3 is 14.8 Å². The number of pyridine rings is 1. The lowest BCUT2D eigenvalue weighted by Gasteiger charge is -2.22. The van der Waals surface area contributed by atoms with Gasteiger partial charge in [0, 0.05) is 42.3 Å². The van der Waals surface area contributed by atoms with Crippen LogP contribution in [0.3, 0.4) is 0 Å². The highest BCUT2D eigenvalue weighted by Gasteiger charge is 2.38. The summed E-state index contributed by atoms with van der Waals surface area (Å²) in [4.78, 5) is 38.8. The van der Waals surface area contributed by atoms with Crippen molar-refractivity contribution in [2.24, 2.45) is 0 Å². The maximum atomic E-state index is 13.2. The molecule has 0 spiro atoms. The van der Waals surface area contributed by atoms with Gasteiger partial charge in [0.05, 0.1) is 5.52 Å². The SMILES string of the molecule is CN(C)C(=O)c1c(CNC(=O)C(F)(F)F)c(=O)c2ccc(Cl)cc2n1-c1ccccc1. The van der Waals surface area contributed by atoms with Crippen LogP contribution in [0.5, 0.6) is 0 Å². The van der Waals surface area contributed by atoms with E-state index in [-0.39, 0.29) is 16.6 Å². The number of nitrogens with zero attached hydrogens (tertiary/aromatic N) is 2. The number of para-hydroxylation sites is 1. The molecule has 0 saturated carbocycles. The number of hydrogen-bond acceptors (Lipinski definition) is 3. The van der Waals surface area contributed by atoms with Gasteiger partial charge in [0.2, 0.25) is 0 Å². The molecule has 0 unspecified atom stereocenters. The second-order valence-corrected chi connectivity index (χ2v) is 7.31. The third-order valence-electron chi connectivity index (χ3n) is 4.54. The summed E-state index contributed by atoms with van der Waals surface area (Å²) < 4.78 is 39.5. The van der Waals surface area contributed by atoms with E-state index in [2.05, 4.69) is 0 Å². The lowest BCUT2D eigenvalue weighted by molar-refractivity contribution is -0.173. The van der Waals surface area contributed by atoms with Gasteiger partial charge in [0.15, 0.2) is 5.43 Å². The van der Waals surface area contributed by atoms with E-state index in [0.29, 0.717) is 16.2 Å². The van der Waals surface area contributed by atoms with Crippen molar-refractivity contribution < 1.29 is 22.8 Å². The summed E-state index contributed by atoms with van der Waals surface area (Å²) in [5.41, 5.74) is -0.317. The molecule has 0 aliphatic rings. The standard InChI is InChI=1S/C21H17ClF3N3O3/c1-27(2)19(30)17-15(11-26-20(31)21(23,24)25)18(29)14-9-8-12(22)10-16(14)28(17)13-6-4-3-5-7-13/h3-10H,11H2,1-2H3,(H,26,31). The highest BCUT2D eigenvalue weighted by Crippen LogP contribution is 2.26. The highest BCUT2D eigenvalue weighted by molar-refractivity contribution is 6.31.